The maximum Gasteiger partial charge on any atom is 0.309 e. The molecule has 2 rings (SSSR count). The molecule has 1 aliphatic heterocycles. The largest absolute Gasteiger partial charge is 0.481 e. The van der Waals surface area contributed by atoms with Crippen LogP contribution in [0.2, 0.25) is 0 Å². The van der Waals surface area contributed by atoms with Gasteiger partial charge in [-0.3, -0.25) is 4.79 Å². The molecule has 0 amide bonds. The van der Waals surface area contributed by atoms with Crippen LogP contribution < -0.4 is 4.90 Å². The van der Waals surface area contributed by atoms with Gasteiger partial charge in [-0.2, -0.15) is 4.37 Å². The lowest BCUT2D eigenvalue weighted by Crippen LogP contribution is -2.42. The number of carboxylic acid groups (broad SMARTS) is 1. The van der Waals surface area contributed by atoms with E-state index in [-0.39, 0.29) is 0 Å². The molecule has 0 bridgehead atoms. The molecule has 1 aromatic rings. The number of carbonyl (C=O) groups is 1. The lowest BCUT2D eigenvalue weighted by Gasteiger charge is -2.35. The molecule has 0 aliphatic carbocycles. The van der Waals surface area contributed by atoms with E-state index in [1.54, 1.807) is 0 Å². The van der Waals surface area contributed by atoms with E-state index in [0.29, 0.717) is 12.8 Å². The summed E-state index contributed by atoms with van der Waals surface area (Å²) in [5, 5.41) is 9.96. The first-order valence-corrected chi connectivity index (χ1v) is 5.64. The molecule has 2 heterocycles. The number of carboxylic acids is 1. The highest BCUT2D eigenvalue weighted by Crippen LogP contribution is 2.33. The van der Waals surface area contributed by atoms with Crippen LogP contribution in [0.15, 0.2) is 6.33 Å². The number of hydrogen-bond acceptors (Lipinski definition) is 5. The fraction of sp³-hybridized carbons (Fsp3) is 0.667. The summed E-state index contributed by atoms with van der Waals surface area (Å²) in [6, 6.07) is 0. The predicted molar refractivity (Wildman–Crippen MR) is 57.1 cm³/mol. The Labute approximate surface area is 91.9 Å². The Morgan fingerprint density at radius 1 is 1.60 bits per heavy atom. The minimum atomic E-state index is -0.695. The van der Waals surface area contributed by atoms with Gasteiger partial charge >= 0.3 is 5.97 Å². The van der Waals surface area contributed by atoms with Crippen LogP contribution >= 0.6 is 11.5 Å². The summed E-state index contributed by atoms with van der Waals surface area (Å²) >= 11 is 1.36. The van der Waals surface area contributed by atoms with Gasteiger partial charge in [-0.25, -0.2) is 4.98 Å². The topological polar surface area (TPSA) is 66.3 Å². The zero-order valence-corrected chi connectivity index (χ0v) is 9.33. The van der Waals surface area contributed by atoms with Crippen LogP contribution in [0.4, 0.5) is 5.13 Å². The number of aliphatic carboxylic acids is 1. The van der Waals surface area contributed by atoms with Crippen molar-refractivity contribution in [2.75, 3.05) is 18.0 Å². The quantitative estimate of drug-likeness (QED) is 0.823. The summed E-state index contributed by atoms with van der Waals surface area (Å²) in [7, 11) is 0. The highest BCUT2D eigenvalue weighted by Gasteiger charge is 2.37. The second kappa shape index (κ2) is 3.77. The highest BCUT2D eigenvalue weighted by molar-refractivity contribution is 7.09. The predicted octanol–water partition coefficient (Wildman–Crippen LogP) is 1.23. The maximum absolute atomic E-state index is 11.0. The molecular weight excluding hydrogens is 214 g/mol. The molecule has 0 atom stereocenters. The fourth-order valence-electron chi connectivity index (χ4n) is 1.71. The normalized spacial score (nSPS) is 20.2. The van der Waals surface area contributed by atoms with Crippen molar-refractivity contribution in [3.05, 3.63) is 6.33 Å². The lowest BCUT2D eigenvalue weighted by atomic mass is 9.81. The van der Waals surface area contributed by atoms with E-state index in [1.807, 2.05) is 6.92 Å². The van der Waals surface area contributed by atoms with Crippen molar-refractivity contribution in [1.82, 2.24) is 9.36 Å². The van der Waals surface area contributed by atoms with E-state index in [4.69, 9.17) is 5.11 Å². The number of aromatic nitrogens is 2. The maximum atomic E-state index is 11.0. The highest BCUT2D eigenvalue weighted by atomic mass is 32.1. The second-order valence-corrected chi connectivity index (χ2v) is 4.84. The van der Waals surface area contributed by atoms with Crippen molar-refractivity contribution in [3.63, 3.8) is 0 Å². The smallest absolute Gasteiger partial charge is 0.309 e. The zero-order chi connectivity index (χ0) is 10.9. The van der Waals surface area contributed by atoms with E-state index in [0.717, 1.165) is 18.2 Å². The van der Waals surface area contributed by atoms with Crippen LogP contribution in [-0.2, 0) is 4.79 Å². The third kappa shape index (κ3) is 1.94. The van der Waals surface area contributed by atoms with Crippen molar-refractivity contribution in [2.24, 2.45) is 5.41 Å². The molecule has 82 valence electrons. The summed E-state index contributed by atoms with van der Waals surface area (Å²) in [6.45, 7) is 3.31. The van der Waals surface area contributed by atoms with Gasteiger partial charge in [0.2, 0.25) is 5.13 Å². The summed E-state index contributed by atoms with van der Waals surface area (Å²) < 4.78 is 3.94. The number of hydrogen-bond donors (Lipinski definition) is 1. The molecule has 5 nitrogen and oxygen atoms in total. The van der Waals surface area contributed by atoms with Gasteiger partial charge in [0, 0.05) is 24.6 Å². The number of piperidine rings is 1. The monoisotopic (exact) mass is 227 g/mol. The molecule has 6 heteroatoms. The van der Waals surface area contributed by atoms with Crippen LogP contribution in [0.5, 0.6) is 0 Å². The van der Waals surface area contributed by atoms with Gasteiger partial charge in [0.25, 0.3) is 0 Å². The van der Waals surface area contributed by atoms with E-state index in [9.17, 15) is 4.79 Å². The lowest BCUT2D eigenvalue weighted by molar-refractivity contribution is -0.149. The minimum Gasteiger partial charge on any atom is -0.481 e. The molecule has 1 aliphatic rings. The van der Waals surface area contributed by atoms with Gasteiger partial charge < -0.3 is 10.0 Å². The Balaban J connectivity index is 2.01. The molecular formula is C9H13N3O2S. The molecule has 0 unspecified atom stereocenters. The summed E-state index contributed by atoms with van der Waals surface area (Å²) in [5.41, 5.74) is -0.568. The SMILES string of the molecule is CC1(C(=O)O)CCN(c2ncns2)CC1. The van der Waals surface area contributed by atoms with Crippen LogP contribution in [0.25, 0.3) is 0 Å². The van der Waals surface area contributed by atoms with E-state index in [1.165, 1.54) is 17.9 Å². The van der Waals surface area contributed by atoms with E-state index >= 15 is 0 Å². The molecule has 1 saturated heterocycles. The molecule has 0 saturated carbocycles. The van der Waals surface area contributed by atoms with Crippen molar-refractivity contribution >= 4 is 22.6 Å². The first kappa shape index (κ1) is 10.4. The summed E-state index contributed by atoms with van der Waals surface area (Å²) in [4.78, 5) is 17.2. The molecule has 1 N–H and O–H groups in total. The van der Waals surface area contributed by atoms with Crippen molar-refractivity contribution in [3.8, 4) is 0 Å². The van der Waals surface area contributed by atoms with Crippen LogP contribution in [0.3, 0.4) is 0 Å². The van der Waals surface area contributed by atoms with Gasteiger partial charge in [-0.15, -0.1) is 0 Å². The molecule has 1 fully saturated rings. The molecule has 0 aromatic carbocycles. The zero-order valence-electron chi connectivity index (χ0n) is 8.51. The average molecular weight is 227 g/mol. The minimum absolute atomic E-state index is 0.568. The molecule has 1 aromatic heterocycles. The molecule has 0 radical (unpaired) electrons. The molecule has 15 heavy (non-hydrogen) atoms. The Bertz CT molecular complexity index is 344. The van der Waals surface area contributed by atoms with Crippen molar-refractivity contribution in [2.45, 2.75) is 19.8 Å². The van der Waals surface area contributed by atoms with Crippen molar-refractivity contribution < 1.29 is 9.90 Å². The van der Waals surface area contributed by atoms with E-state index < -0.39 is 11.4 Å². The second-order valence-electron chi connectivity index (χ2n) is 4.08. The summed E-state index contributed by atoms with van der Waals surface area (Å²) in [5.74, 6) is -0.695. The van der Waals surface area contributed by atoms with Crippen molar-refractivity contribution in [1.29, 1.82) is 0 Å². The van der Waals surface area contributed by atoms with Crippen LogP contribution in [-0.4, -0.2) is 33.5 Å². The number of rotatable bonds is 2. The Kier molecular flexibility index (Phi) is 2.60. The first-order valence-electron chi connectivity index (χ1n) is 4.87. The fourth-order valence-corrected chi connectivity index (χ4v) is 2.29. The Morgan fingerprint density at radius 2 is 2.27 bits per heavy atom. The standard InChI is InChI=1S/C9H13N3O2S/c1-9(7(13)14)2-4-12(5-3-9)8-10-6-11-15-8/h6H,2-5H2,1H3,(H,13,14). The number of nitrogens with zero attached hydrogens (tertiary/aromatic N) is 3. The number of anilines is 1. The third-order valence-corrected chi connectivity index (χ3v) is 3.73. The Hall–Kier alpha value is -1.17. The third-order valence-electron chi connectivity index (χ3n) is 3.00. The first-order chi connectivity index (χ1) is 7.12. The van der Waals surface area contributed by atoms with Gasteiger partial charge in [-0.05, 0) is 19.8 Å². The summed E-state index contributed by atoms with van der Waals surface area (Å²) in [6.07, 6.45) is 2.87. The van der Waals surface area contributed by atoms with Gasteiger partial charge in [0.05, 0.1) is 5.41 Å². The Morgan fingerprint density at radius 3 is 2.73 bits per heavy atom. The van der Waals surface area contributed by atoms with E-state index in [2.05, 4.69) is 14.3 Å². The van der Waals surface area contributed by atoms with Gasteiger partial charge in [0.1, 0.15) is 6.33 Å². The van der Waals surface area contributed by atoms with Gasteiger partial charge in [0.15, 0.2) is 0 Å². The average Bonchev–Trinajstić information content (AvgIpc) is 2.72. The van der Waals surface area contributed by atoms with Crippen LogP contribution in [0.1, 0.15) is 19.8 Å². The molecule has 0 spiro atoms. The van der Waals surface area contributed by atoms with Gasteiger partial charge in [-0.1, -0.05) is 0 Å². The van der Waals surface area contributed by atoms with Crippen LogP contribution in [0, 0.1) is 5.41 Å².